The van der Waals surface area contributed by atoms with Crippen LogP contribution in [0.3, 0.4) is 0 Å². The van der Waals surface area contributed by atoms with Crippen molar-refractivity contribution in [1.82, 2.24) is 0 Å². The summed E-state index contributed by atoms with van der Waals surface area (Å²) in [5.41, 5.74) is 3.03. The molecule has 1 aromatic carbocycles. The van der Waals surface area contributed by atoms with E-state index < -0.39 is 6.10 Å². The molecule has 0 N–H and O–H groups in total. The second-order valence-electron chi connectivity index (χ2n) is 4.16. The van der Waals surface area contributed by atoms with Crippen molar-refractivity contribution in [3.63, 3.8) is 0 Å². The molecule has 0 aliphatic carbocycles. The number of amides is 1. The Hall–Kier alpha value is -1.03. The minimum absolute atomic E-state index is 0.00801. The maximum atomic E-state index is 11.8. The number of halogens is 1. The SMILES string of the molecule is Cc1cc(C)c2c(c1Br)OC(C)C(=O)N2C. The van der Waals surface area contributed by atoms with Crippen LogP contribution in [0.25, 0.3) is 0 Å². The number of hydrogen-bond donors (Lipinski definition) is 0. The van der Waals surface area contributed by atoms with Gasteiger partial charge in [0.2, 0.25) is 0 Å². The first-order chi connectivity index (χ1) is 7.43. The number of hydrogen-bond acceptors (Lipinski definition) is 2. The van der Waals surface area contributed by atoms with Gasteiger partial charge in [0, 0.05) is 7.05 Å². The van der Waals surface area contributed by atoms with E-state index in [2.05, 4.69) is 15.9 Å². The number of likely N-dealkylation sites (N-methyl/N-ethyl adjacent to an activating group) is 1. The summed E-state index contributed by atoms with van der Waals surface area (Å²) in [4.78, 5) is 13.5. The Morgan fingerprint density at radius 2 is 2.00 bits per heavy atom. The van der Waals surface area contributed by atoms with Crippen LogP contribution in [-0.4, -0.2) is 19.1 Å². The molecule has 16 heavy (non-hydrogen) atoms. The number of carbonyl (C=O) groups is 1. The molecule has 0 spiro atoms. The van der Waals surface area contributed by atoms with E-state index in [1.54, 1.807) is 18.9 Å². The molecule has 0 fully saturated rings. The summed E-state index contributed by atoms with van der Waals surface area (Å²) >= 11 is 3.51. The Kier molecular flexibility index (Phi) is 2.70. The maximum Gasteiger partial charge on any atom is 0.267 e. The Morgan fingerprint density at radius 3 is 2.62 bits per heavy atom. The molecule has 1 heterocycles. The van der Waals surface area contributed by atoms with Crippen molar-refractivity contribution in [2.45, 2.75) is 26.9 Å². The Morgan fingerprint density at radius 1 is 1.38 bits per heavy atom. The van der Waals surface area contributed by atoms with Gasteiger partial charge in [0.15, 0.2) is 11.9 Å². The van der Waals surface area contributed by atoms with Crippen LogP contribution in [0, 0.1) is 13.8 Å². The van der Waals surface area contributed by atoms with Gasteiger partial charge in [0.05, 0.1) is 10.2 Å². The number of rotatable bonds is 0. The minimum Gasteiger partial charge on any atom is -0.477 e. The summed E-state index contributed by atoms with van der Waals surface area (Å²) in [6.45, 7) is 5.77. The lowest BCUT2D eigenvalue weighted by Crippen LogP contribution is -2.42. The van der Waals surface area contributed by atoms with Crippen molar-refractivity contribution in [2.75, 3.05) is 11.9 Å². The first-order valence-corrected chi connectivity index (χ1v) is 5.96. The predicted octanol–water partition coefficient (Wildman–Crippen LogP) is 2.81. The summed E-state index contributed by atoms with van der Waals surface area (Å²) < 4.78 is 6.60. The van der Waals surface area contributed by atoms with Gasteiger partial charge in [-0.1, -0.05) is 6.07 Å². The zero-order valence-electron chi connectivity index (χ0n) is 9.80. The molecule has 0 saturated heterocycles. The summed E-state index contributed by atoms with van der Waals surface area (Å²) in [6, 6.07) is 2.05. The van der Waals surface area contributed by atoms with Gasteiger partial charge in [-0.25, -0.2) is 0 Å². The van der Waals surface area contributed by atoms with Gasteiger partial charge in [-0.05, 0) is 47.8 Å². The molecule has 0 bridgehead atoms. The molecule has 1 aromatic rings. The lowest BCUT2D eigenvalue weighted by atomic mass is 10.1. The van der Waals surface area contributed by atoms with Crippen LogP contribution in [0.15, 0.2) is 10.5 Å². The van der Waals surface area contributed by atoms with Gasteiger partial charge < -0.3 is 9.64 Å². The highest BCUT2D eigenvalue weighted by Gasteiger charge is 2.32. The van der Waals surface area contributed by atoms with Crippen LogP contribution in [-0.2, 0) is 4.79 Å². The third kappa shape index (κ3) is 1.52. The van der Waals surface area contributed by atoms with Crippen LogP contribution in [0.1, 0.15) is 18.1 Å². The molecular weight excluding hydrogens is 270 g/mol. The molecule has 1 aliphatic heterocycles. The van der Waals surface area contributed by atoms with E-state index >= 15 is 0 Å². The third-order valence-electron chi connectivity index (χ3n) is 2.88. The number of aryl methyl sites for hydroxylation is 2. The number of anilines is 1. The van der Waals surface area contributed by atoms with Gasteiger partial charge in [-0.2, -0.15) is 0 Å². The summed E-state index contributed by atoms with van der Waals surface area (Å²) in [5.74, 6) is 0.762. The highest BCUT2D eigenvalue weighted by Crippen LogP contribution is 2.43. The fourth-order valence-corrected chi connectivity index (χ4v) is 2.45. The normalized spacial score (nSPS) is 19.4. The smallest absolute Gasteiger partial charge is 0.267 e. The number of nitrogens with zero attached hydrogens (tertiary/aromatic N) is 1. The zero-order chi connectivity index (χ0) is 12.0. The van der Waals surface area contributed by atoms with Crippen molar-refractivity contribution >= 4 is 27.5 Å². The first-order valence-electron chi connectivity index (χ1n) is 5.17. The molecular formula is C12H14BrNO2. The topological polar surface area (TPSA) is 29.5 Å². The molecule has 0 saturated carbocycles. The van der Waals surface area contributed by atoms with Gasteiger partial charge in [-0.3, -0.25) is 4.79 Å². The van der Waals surface area contributed by atoms with Crippen LogP contribution in [0.4, 0.5) is 5.69 Å². The fourth-order valence-electron chi connectivity index (χ4n) is 2.05. The number of carbonyl (C=O) groups excluding carboxylic acids is 1. The molecule has 0 radical (unpaired) electrons. The second-order valence-corrected chi connectivity index (χ2v) is 4.95. The van der Waals surface area contributed by atoms with E-state index in [-0.39, 0.29) is 5.91 Å². The molecule has 4 heteroatoms. The van der Waals surface area contributed by atoms with Crippen LogP contribution in [0.5, 0.6) is 5.75 Å². The molecule has 0 aromatic heterocycles. The molecule has 1 unspecified atom stereocenters. The average molecular weight is 284 g/mol. The summed E-state index contributed by atoms with van der Waals surface area (Å²) in [6.07, 6.45) is -0.421. The minimum atomic E-state index is -0.421. The van der Waals surface area contributed by atoms with Crippen molar-refractivity contribution in [3.05, 3.63) is 21.7 Å². The predicted molar refractivity (Wildman–Crippen MR) is 67.1 cm³/mol. The van der Waals surface area contributed by atoms with E-state index in [0.29, 0.717) is 0 Å². The largest absolute Gasteiger partial charge is 0.477 e. The zero-order valence-corrected chi connectivity index (χ0v) is 11.4. The van der Waals surface area contributed by atoms with Crippen LogP contribution < -0.4 is 9.64 Å². The molecule has 1 atom stereocenters. The molecule has 2 rings (SSSR count). The lowest BCUT2D eigenvalue weighted by molar-refractivity contribution is -0.125. The molecule has 86 valence electrons. The second kappa shape index (κ2) is 3.77. The Bertz CT molecular complexity index is 471. The van der Waals surface area contributed by atoms with Crippen LogP contribution in [0.2, 0.25) is 0 Å². The van der Waals surface area contributed by atoms with Gasteiger partial charge in [-0.15, -0.1) is 0 Å². The molecule has 1 amide bonds. The van der Waals surface area contributed by atoms with E-state index in [1.807, 2.05) is 19.9 Å². The summed E-state index contributed by atoms with van der Waals surface area (Å²) in [7, 11) is 1.79. The summed E-state index contributed by atoms with van der Waals surface area (Å²) in [5, 5.41) is 0. The van der Waals surface area contributed by atoms with Crippen molar-refractivity contribution < 1.29 is 9.53 Å². The van der Waals surface area contributed by atoms with E-state index in [4.69, 9.17) is 4.74 Å². The average Bonchev–Trinajstić information content (AvgIpc) is 2.22. The van der Waals surface area contributed by atoms with Crippen molar-refractivity contribution in [1.29, 1.82) is 0 Å². The lowest BCUT2D eigenvalue weighted by Gasteiger charge is -2.32. The highest BCUT2D eigenvalue weighted by molar-refractivity contribution is 9.10. The fraction of sp³-hybridized carbons (Fsp3) is 0.417. The monoisotopic (exact) mass is 283 g/mol. The van der Waals surface area contributed by atoms with Gasteiger partial charge >= 0.3 is 0 Å². The first kappa shape index (κ1) is 11.5. The van der Waals surface area contributed by atoms with E-state index in [9.17, 15) is 4.79 Å². The molecule has 1 aliphatic rings. The third-order valence-corrected chi connectivity index (χ3v) is 3.86. The van der Waals surface area contributed by atoms with E-state index in [1.165, 1.54) is 0 Å². The number of ether oxygens (including phenoxy) is 1. The maximum absolute atomic E-state index is 11.8. The molecule has 3 nitrogen and oxygen atoms in total. The number of fused-ring (bicyclic) bond motifs is 1. The van der Waals surface area contributed by atoms with Crippen LogP contribution >= 0.6 is 15.9 Å². The number of benzene rings is 1. The standard InChI is InChI=1S/C12H14BrNO2/c1-6-5-7(2)10-11(9(6)13)16-8(3)12(15)14(10)4/h5,8H,1-4H3. The Labute approximate surface area is 104 Å². The van der Waals surface area contributed by atoms with Crippen molar-refractivity contribution in [3.8, 4) is 5.75 Å². The quantitative estimate of drug-likeness (QED) is 0.733. The van der Waals surface area contributed by atoms with E-state index in [0.717, 1.165) is 27.0 Å². The Balaban J connectivity index is 2.69. The highest BCUT2D eigenvalue weighted by atomic mass is 79.9. The van der Waals surface area contributed by atoms with Gasteiger partial charge in [0.25, 0.3) is 5.91 Å². The van der Waals surface area contributed by atoms with Crippen molar-refractivity contribution in [2.24, 2.45) is 0 Å². The van der Waals surface area contributed by atoms with Gasteiger partial charge in [0.1, 0.15) is 0 Å².